The van der Waals surface area contributed by atoms with Crippen LogP contribution in [-0.2, 0) is 0 Å². The zero-order chi connectivity index (χ0) is 9.59. The van der Waals surface area contributed by atoms with Crippen molar-refractivity contribution in [3.05, 3.63) is 14.5 Å². The maximum Gasteiger partial charge on any atom is 0.244 e. The van der Waals surface area contributed by atoms with Gasteiger partial charge in [-0.25, -0.2) is 0 Å². The van der Waals surface area contributed by atoms with Gasteiger partial charge in [-0.1, -0.05) is 0 Å². The molecule has 13 heavy (non-hydrogen) atoms. The molecule has 0 N–H and O–H groups in total. The predicted molar refractivity (Wildman–Crippen MR) is 59.3 cm³/mol. The average molecular weight is 324 g/mol. The molecular formula is C7H4Br2N2OS. The summed E-state index contributed by atoms with van der Waals surface area (Å²) in [5.74, 6) is -0.0824. The molecule has 0 saturated heterocycles. The molecule has 0 saturated carbocycles. The van der Waals surface area contributed by atoms with Crippen molar-refractivity contribution in [3.63, 3.8) is 0 Å². The molecule has 0 aromatic carbocycles. The van der Waals surface area contributed by atoms with Gasteiger partial charge in [-0.3, -0.25) is 4.79 Å². The lowest BCUT2D eigenvalue weighted by molar-refractivity contribution is 0.0926. The third-order valence-corrected chi connectivity index (χ3v) is 4.96. The zero-order valence-corrected chi connectivity index (χ0v) is 10.5. The minimum Gasteiger partial charge on any atom is -0.273 e. The van der Waals surface area contributed by atoms with Gasteiger partial charge in [0.25, 0.3) is 0 Å². The maximum atomic E-state index is 11.2. The van der Waals surface area contributed by atoms with Gasteiger partial charge in [-0.15, -0.1) is 11.3 Å². The Morgan fingerprint density at radius 1 is 1.62 bits per heavy atom. The SMILES string of the molecule is CC(=O)n1ncc2sc(Br)c(Br)c21. The van der Waals surface area contributed by atoms with E-state index in [4.69, 9.17) is 0 Å². The number of halogens is 2. The summed E-state index contributed by atoms with van der Waals surface area (Å²) in [6.07, 6.45) is 1.69. The van der Waals surface area contributed by atoms with Gasteiger partial charge < -0.3 is 0 Å². The third-order valence-electron chi connectivity index (χ3n) is 1.61. The average Bonchev–Trinajstić information content (AvgIpc) is 2.55. The highest BCUT2D eigenvalue weighted by molar-refractivity contribution is 9.13. The summed E-state index contributed by atoms with van der Waals surface area (Å²) in [7, 11) is 0. The van der Waals surface area contributed by atoms with Crippen LogP contribution in [0.25, 0.3) is 10.2 Å². The maximum absolute atomic E-state index is 11.2. The van der Waals surface area contributed by atoms with Crippen LogP contribution in [0.3, 0.4) is 0 Å². The molecule has 0 bridgehead atoms. The van der Waals surface area contributed by atoms with E-state index in [1.165, 1.54) is 11.6 Å². The predicted octanol–water partition coefficient (Wildman–Crippen LogP) is 3.28. The Hall–Kier alpha value is -0.200. The summed E-state index contributed by atoms with van der Waals surface area (Å²) >= 11 is 8.34. The molecule has 68 valence electrons. The van der Waals surface area contributed by atoms with E-state index in [2.05, 4.69) is 37.0 Å². The Labute approximate surface area is 95.0 Å². The summed E-state index contributed by atoms with van der Waals surface area (Å²) in [6.45, 7) is 1.49. The first-order chi connectivity index (χ1) is 6.11. The van der Waals surface area contributed by atoms with Gasteiger partial charge >= 0.3 is 0 Å². The Kier molecular flexibility index (Phi) is 2.29. The summed E-state index contributed by atoms with van der Waals surface area (Å²) in [5.41, 5.74) is 0.837. The van der Waals surface area contributed by atoms with Crippen molar-refractivity contribution in [2.24, 2.45) is 0 Å². The second-order valence-corrected chi connectivity index (χ2v) is 5.64. The molecule has 2 rings (SSSR count). The second-order valence-electron chi connectivity index (χ2n) is 2.48. The number of carbonyl (C=O) groups is 1. The van der Waals surface area contributed by atoms with Gasteiger partial charge in [0.2, 0.25) is 5.91 Å². The van der Waals surface area contributed by atoms with Gasteiger partial charge in [-0.05, 0) is 31.9 Å². The molecule has 2 aromatic rings. The van der Waals surface area contributed by atoms with Crippen LogP contribution in [0.1, 0.15) is 11.7 Å². The van der Waals surface area contributed by atoms with E-state index in [9.17, 15) is 4.79 Å². The number of hydrogen-bond acceptors (Lipinski definition) is 3. The lowest BCUT2D eigenvalue weighted by Crippen LogP contribution is -2.06. The Morgan fingerprint density at radius 2 is 2.31 bits per heavy atom. The van der Waals surface area contributed by atoms with Gasteiger partial charge in [0, 0.05) is 6.92 Å². The Balaban J connectivity index is 2.85. The van der Waals surface area contributed by atoms with Crippen molar-refractivity contribution >= 4 is 59.3 Å². The van der Waals surface area contributed by atoms with Crippen molar-refractivity contribution in [2.75, 3.05) is 0 Å². The van der Waals surface area contributed by atoms with Crippen LogP contribution in [0.4, 0.5) is 0 Å². The molecule has 0 aliphatic heterocycles. The topological polar surface area (TPSA) is 34.9 Å². The van der Waals surface area contributed by atoms with Crippen molar-refractivity contribution < 1.29 is 4.79 Å². The fourth-order valence-corrected chi connectivity index (χ4v) is 3.31. The highest BCUT2D eigenvalue weighted by atomic mass is 79.9. The van der Waals surface area contributed by atoms with Crippen molar-refractivity contribution in [1.82, 2.24) is 9.78 Å². The fraction of sp³-hybridized carbons (Fsp3) is 0.143. The van der Waals surface area contributed by atoms with E-state index in [-0.39, 0.29) is 5.91 Å². The number of rotatable bonds is 0. The van der Waals surface area contributed by atoms with Crippen LogP contribution in [-0.4, -0.2) is 15.7 Å². The molecule has 0 aliphatic carbocycles. The van der Waals surface area contributed by atoms with Crippen LogP contribution in [0.5, 0.6) is 0 Å². The number of carbonyl (C=O) groups excluding carboxylic acids is 1. The first-order valence-corrected chi connectivity index (χ1v) is 5.84. The molecule has 2 heterocycles. The lowest BCUT2D eigenvalue weighted by atomic mass is 10.5. The van der Waals surface area contributed by atoms with E-state index in [0.717, 1.165) is 18.5 Å². The minimum atomic E-state index is -0.0824. The monoisotopic (exact) mass is 322 g/mol. The quantitative estimate of drug-likeness (QED) is 0.745. The third kappa shape index (κ3) is 1.37. The summed E-state index contributed by atoms with van der Waals surface area (Å²) in [5, 5.41) is 3.98. The number of nitrogens with zero attached hydrogens (tertiary/aromatic N) is 2. The highest BCUT2D eigenvalue weighted by Gasteiger charge is 2.14. The number of thiophene rings is 1. The van der Waals surface area contributed by atoms with Crippen molar-refractivity contribution in [3.8, 4) is 0 Å². The van der Waals surface area contributed by atoms with Gasteiger partial charge in [0.05, 0.1) is 19.2 Å². The van der Waals surface area contributed by atoms with Crippen LogP contribution in [0.15, 0.2) is 14.5 Å². The number of aromatic nitrogens is 2. The van der Waals surface area contributed by atoms with E-state index in [1.54, 1.807) is 17.5 Å². The van der Waals surface area contributed by atoms with Crippen molar-refractivity contribution in [2.45, 2.75) is 6.92 Å². The molecule has 0 spiro atoms. The molecule has 0 aliphatic rings. The molecule has 2 aromatic heterocycles. The molecule has 0 fully saturated rings. The molecule has 0 atom stereocenters. The molecule has 6 heteroatoms. The largest absolute Gasteiger partial charge is 0.273 e. The van der Waals surface area contributed by atoms with Crippen LogP contribution < -0.4 is 0 Å². The van der Waals surface area contributed by atoms with Crippen LogP contribution >= 0.6 is 43.2 Å². The van der Waals surface area contributed by atoms with Gasteiger partial charge in [0.1, 0.15) is 5.52 Å². The normalized spacial score (nSPS) is 11.0. The highest BCUT2D eigenvalue weighted by Crippen LogP contribution is 2.38. The smallest absolute Gasteiger partial charge is 0.244 e. The first-order valence-electron chi connectivity index (χ1n) is 3.43. The lowest BCUT2D eigenvalue weighted by Gasteiger charge is -1.94. The van der Waals surface area contributed by atoms with Crippen molar-refractivity contribution in [1.29, 1.82) is 0 Å². The Morgan fingerprint density at radius 3 is 2.92 bits per heavy atom. The van der Waals surface area contributed by atoms with E-state index in [0.29, 0.717) is 0 Å². The minimum absolute atomic E-state index is 0.0824. The molecular weight excluding hydrogens is 320 g/mol. The van der Waals surface area contributed by atoms with Gasteiger partial charge in [0.15, 0.2) is 0 Å². The number of fused-ring (bicyclic) bond motifs is 1. The molecule has 3 nitrogen and oxygen atoms in total. The first kappa shape index (κ1) is 9.36. The van der Waals surface area contributed by atoms with Gasteiger partial charge in [-0.2, -0.15) is 9.78 Å². The Bertz CT molecular complexity index is 488. The summed E-state index contributed by atoms with van der Waals surface area (Å²) in [6, 6.07) is 0. The fourth-order valence-electron chi connectivity index (χ4n) is 1.08. The molecule has 0 amide bonds. The van der Waals surface area contributed by atoms with Crippen LogP contribution in [0, 0.1) is 0 Å². The standard InChI is InChI=1S/C7H4Br2N2OS/c1-3(12)11-6-4(2-10-11)13-7(9)5(6)8/h2H,1H3. The summed E-state index contributed by atoms with van der Waals surface area (Å²) < 4.78 is 4.25. The second kappa shape index (κ2) is 3.18. The summed E-state index contributed by atoms with van der Waals surface area (Å²) in [4.78, 5) is 11.2. The van der Waals surface area contributed by atoms with E-state index in [1.807, 2.05) is 0 Å². The van der Waals surface area contributed by atoms with E-state index < -0.39 is 0 Å². The van der Waals surface area contributed by atoms with E-state index >= 15 is 0 Å². The van der Waals surface area contributed by atoms with Crippen LogP contribution in [0.2, 0.25) is 0 Å². The number of hydrogen-bond donors (Lipinski definition) is 0. The molecule has 0 unspecified atom stereocenters. The zero-order valence-electron chi connectivity index (χ0n) is 6.54. The molecule has 0 radical (unpaired) electrons.